The first-order valence-corrected chi connectivity index (χ1v) is 8.90. The fourth-order valence-electron chi connectivity index (χ4n) is 2.40. The predicted octanol–water partition coefficient (Wildman–Crippen LogP) is 4.12. The minimum absolute atomic E-state index is 0.154. The molecule has 7 nitrogen and oxygen atoms in total. The zero-order chi connectivity index (χ0) is 19.9. The molecule has 28 heavy (non-hydrogen) atoms. The second kappa shape index (κ2) is 9.05. The minimum atomic E-state index is -1.03. The lowest BCUT2D eigenvalue weighted by Gasteiger charge is -2.15. The molecule has 0 saturated heterocycles. The number of carbonyl (C=O) groups is 2. The molecule has 0 aliphatic heterocycles. The molecule has 3 rings (SSSR count). The third kappa shape index (κ3) is 4.89. The highest BCUT2D eigenvalue weighted by Gasteiger charge is 2.21. The Morgan fingerprint density at radius 2 is 1.93 bits per heavy atom. The molecule has 144 valence electrons. The number of hydrogen-bond donors (Lipinski definition) is 2. The van der Waals surface area contributed by atoms with Gasteiger partial charge < -0.3 is 19.8 Å². The number of ether oxygens (including phenoxy) is 1. The van der Waals surface area contributed by atoms with Crippen molar-refractivity contribution < 1.29 is 18.7 Å². The molecule has 0 saturated carbocycles. The van der Waals surface area contributed by atoms with Gasteiger partial charge in [0.15, 0.2) is 11.3 Å². The minimum Gasteiger partial charge on any atom is -0.467 e. The zero-order valence-electron chi connectivity index (χ0n) is 15.0. The molecular formula is C20H18ClN3O4. The molecule has 0 bridgehead atoms. The molecule has 1 atom stereocenters. The number of hydrogen-bond acceptors (Lipinski definition) is 6. The van der Waals surface area contributed by atoms with E-state index >= 15 is 0 Å². The summed E-state index contributed by atoms with van der Waals surface area (Å²) in [6.45, 7) is 1.89. The maximum absolute atomic E-state index is 12.6. The Bertz CT molecular complexity index is 960. The summed E-state index contributed by atoms with van der Waals surface area (Å²) in [7, 11) is 0. The smallest absolute Gasteiger partial charge is 0.341 e. The predicted molar refractivity (Wildman–Crippen MR) is 105 cm³/mol. The number of rotatable bonds is 7. The third-order valence-corrected chi connectivity index (χ3v) is 4.15. The van der Waals surface area contributed by atoms with Crippen molar-refractivity contribution in [3.63, 3.8) is 0 Å². The fourth-order valence-corrected chi connectivity index (χ4v) is 2.57. The number of nitrogens with one attached hydrogen (secondary N) is 2. The molecule has 2 N–H and O–H groups in total. The molecular weight excluding hydrogens is 382 g/mol. The molecule has 0 aliphatic carbocycles. The summed E-state index contributed by atoms with van der Waals surface area (Å²) in [5.41, 5.74) is 1.23. The topological polar surface area (TPSA) is 93.5 Å². The van der Waals surface area contributed by atoms with Crippen molar-refractivity contribution in [2.24, 2.45) is 0 Å². The molecule has 1 aromatic carbocycles. The van der Waals surface area contributed by atoms with Gasteiger partial charge in [-0.25, -0.2) is 9.78 Å². The van der Waals surface area contributed by atoms with Gasteiger partial charge in [0.25, 0.3) is 5.91 Å². The summed E-state index contributed by atoms with van der Waals surface area (Å²) in [6.07, 6.45) is 2.06. The SMILES string of the molecule is CC(OC(=O)c1ccccc1NCc1ccco1)C(=O)Nc1cccnc1Cl. The highest BCUT2D eigenvalue weighted by molar-refractivity contribution is 6.32. The zero-order valence-corrected chi connectivity index (χ0v) is 15.8. The lowest BCUT2D eigenvalue weighted by atomic mass is 10.1. The van der Waals surface area contributed by atoms with E-state index in [1.807, 2.05) is 6.07 Å². The van der Waals surface area contributed by atoms with Crippen molar-refractivity contribution in [1.29, 1.82) is 0 Å². The number of esters is 1. The van der Waals surface area contributed by atoms with Crippen LogP contribution in [0.1, 0.15) is 23.0 Å². The van der Waals surface area contributed by atoms with Crippen LogP contribution < -0.4 is 10.6 Å². The number of anilines is 2. The van der Waals surface area contributed by atoms with Gasteiger partial charge in [0, 0.05) is 11.9 Å². The van der Waals surface area contributed by atoms with Crippen LogP contribution in [-0.2, 0) is 16.1 Å². The van der Waals surface area contributed by atoms with E-state index < -0.39 is 18.0 Å². The highest BCUT2D eigenvalue weighted by atomic mass is 35.5. The number of pyridine rings is 1. The van der Waals surface area contributed by atoms with Crippen molar-refractivity contribution in [3.8, 4) is 0 Å². The number of amides is 1. The van der Waals surface area contributed by atoms with Gasteiger partial charge in [0.05, 0.1) is 24.1 Å². The first-order chi connectivity index (χ1) is 13.5. The van der Waals surface area contributed by atoms with E-state index in [1.54, 1.807) is 48.7 Å². The van der Waals surface area contributed by atoms with Crippen LogP contribution in [0, 0.1) is 0 Å². The third-order valence-electron chi connectivity index (χ3n) is 3.85. The summed E-state index contributed by atoms with van der Waals surface area (Å²) in [4.78, 5) is 28.7. The van der Waals surface area contributed by atoms with Gasteiger partial charge in [-0.3, -0.25) is 4.79 Å². The van der Waals surface area contributed by atoms with Crippen LogP contribution in [0.5, 0.6) is 0 Å². The van der Waals surface area contributed by atoms with Gasteiger partial charge in [-0.05, 0) is 43.3 Å². The van der Waals surface area contributed by atoms with Crippen LogP contribution in [0.4, 0.5) is 11.4 Å². The van der Waals surface area contributed by atoms with Gasteiger partial charge in [0.1, 0.15) is 5.76 Å². The molecule has 0 fully saturated rings. The standard InChI is InChI=1S/C20H18ClN3O4/c1-13(19(25)24-17-9-4-10-22-18(17)21)28-20(26)15-7-2-3-8-16(15)23-12-14-6-5-11-27-14/h2-11,13,23H,12H2,1H3,(H,24,25). The summed E-state index contributed by atoms with van der Waals surface area (Å²) >= 11 is 5.92. The van der Waals surface area contributed by atoms with Crippen molar-refractivity contribution >= 4 is 34.9 Å². The number of benzene rings is 1. The molecule has 1 unspecified atom stereocenters. The molecule has 3 aromatic rings. The Labute approximate surface area is 166 Å². The van der Waals surface area contributed by atoms with Crippen LogP contribution >= 0.6 is 11.6 Å². The average Bonchev–Trinajstić information content (AvgIpc) is 3.22. The molecule has 2 aromatic heterocycles. The quantitative estimate of drug-likeness (QED) is 0.458. The van der Waals surface area contributed by atoms with Crippen LogP contribution in [0.15, 0.2) is 65.4 Å². The van der Waals surface area contributed by atoms with Crippen molar-refractivity contribution in [3.05, 3.63) is 77.5 Å². The van der Waals surface area contributed by atoms with Gasteiger partial charge in [-0.2, -0.15) is 0 Å². The van der Waals surface area contributed by atoms with Crippen LogP contribution in [0.25, 0.3) is 0 Å². The Kier molecular flexibility index (Phi) is 6.29. The van der Waals surface area contributed by atoms with E-state index in [0.717, 1.165) is 5.76 Å². The number of halogens is 1. The van der Waals surface area contributed by atoms with E-state index in [1.165, 1.54) is 13.1 Å². The largest absolute Gasteiger partial charge is 0.467 e. The van der Waals surface area contributed by atoms with E-state index in [4.69, 9.17) is 20.8 Å². The fraction of sp³-hybridized carbons (Fsp3) is 0.150. The first-order valence-electron chi connectivity index (χ1n) is 8.52. The molecule has 0 aliphatic rings. The first kappa shape index (κ1) is 19.4. The molecule has 2 heterocycles. The lowest BCUT2D eigenvalue weighted by molar-refractivity contribution is -0.123. The van der Waals surface area contributed by atoms with E-state index in [-0.39, 0.29) is 5.15 Å². The van der Waals surface area contributed by atoms with Gasteiger partial charge >= 0.3 is 5.97 Å². The van der Waals surface area contributed by atoms with Gasteiger partial charge in [0.2, 0.25) is 0 Å². The molecule has 1 amide bonds. The Hall–Kier alpha value is -3.32. The Morgan fingerprint density at radius 1 is 1.14 bits per heavy atom. The number of nitrogens with zero attached hydrogens (tertiary/aromatic N) is 1. The molecule has 0 radical (unpaired) electrons. The number of carbonyl (C=O) groups excluding carboxylic acids is 2. The summed E-state index contributed by atoms with van der Waals surface area (Å²) < 4.78 is 10.6. The Morgan fingerprint density at radius 3 is 2.68 bits per heavy atom. The lowest BCUT2D eigenvalue weighted by Crippen LogP contribution is -2.30. The molecule has 0 spiro atoms. The van der Waals surface area contributed by atoms with E-state index in [9.17, 15) is 9.59 Å². The monoisotopic (exact) mass is 399 g/mol. The van der Waals surface area contributed by atoms with Crippen LogP contribution in [-0.4, -0.2) is 23.0 Å². The number of aromatic nitrogens is 1. The summed E-state index contributed by atoms with van der Waals surface area (Å²) in [6, 6.07) is 13.7. The highest BCUT2D eigenvalue weighted by Crippen LogP contribution is 2.20. The average molecular weight is 400 g/mol. The molecule has 8 heteroatoms. The summed E-state index contributed by atoms with van der Waals surface area (Å²) in [5.74, 6) is -0.406. The van der Waals surface area contributed by atoms with Crippen molar-refractivity contribution in [1.82, 2.24) is 4.98 Å². The second-order valence-corrected chi connectivity index (χ2v) is 6.22. The van der Waals surface area contributed by atoms with E-state index in [2.05, 4.69) is 15.6 Å². The van der Waals surface area contributed by atoms with Crippen LogP contribution in [0.2, 0.25) is 5.15 Å². The number of furan rings is 1. The maximum atomic E-state index is 12.6. The van der Waals surface area contributed by atoms with Crippen molar-refractivity contribution in [2.75, 3.05) is 10.6 Å². The summed E-state index contributed by atoms with van der Waals surface area (Å²) in [5, 5.41) is 5.87. The van der Waals surface area contributed by atoms with E-state index in [0.29, 0.717) is 23.5 Å². The van der Waals surface area contributed by atoms with Gasteiger partial charge in [-0.1, -0.05) is 23.7 Å². The second-order valence-electron chi connectivity index (χ2n) is 5.86. The normalized spacial score (nSPS) is 11.5. The maximum Gasteiger partial charge on any atom is 0.341 e. The van der Waals surface area contributed by atoms with Crippen LogP contribution in [0.3, 0.4) is 0 Å². The Balaban J connectivity index is 1.63. The number of para-hydroxylation sites is 1. The van der Waals surface area contributed by atoms with Crippen molar-refractivity contribution in [2.45, 2.75) is 19.6 Å². The van der Waals surface area contributed by atoms with Gasteiger partial charge in [-0.15, -0.1) is 0 Å².